The lowest BCUT2D eigenvalue weighted by Crippen LogP contribution is -2.45. The van der Waals surface area contributed by atoms with E-state index in [0.29, 0.717) is 73.4 Å². The van der Waals surface area contributed by atoms with Crippen LogP contribution < -0.4 is 15.3 Å². The van der Waals surface area contributed by atoms with Crippen LogP contribution in [0.1, 0.15) is 57.2 Å². The molecule has 0 spiro atoms. The number of imidazole rings is 1. The van der Waals surface area contributed by atoms with E-state index in [0.717, 1.165) is 51.6 Å². The molecule has 4 heterocycles. The molecule has 2 aliphatic heterocycles. The predicted octanol–water partition coefficient (Wildman–Crippen LogP) is 3.41. The maximum atomic E-state index is 14.1. The number of benzene rings is 1. The number of likely N-dealkylation sites (tertiary alicyclic amines) is 1. The zero-order valence-electron chi connectivity index (χ0n) is 23.8. The maximum Gasteiger partial charge on any atom is 0.296 e. The molecule has 1 aromatic carbocycles. The minimum absolute atomic E-state index is 0.148. The first-order valence-electron chi connectivity index (χ1n) is 15.1. The summed E-state index contributed by atoms with van der Waals surface area (Å²) < 4.78 is 35.2. The second-order valence-corrected chi connectivity index (χ2v) is 11.7. The molecule has 12 heteroatoms. The third-order valence-corrected chi connectivity index (χ3v) is 8.93. The van der Waals surface area contributed by atoms with Gasteiger partial charge in [-0.25, -0.2) is 13.8 Å². The summed E-state index contributed by atoms with van der Waals surface area (Å²) in [7, 11) is 0. The van der Waals surface area contributed by atoms with Gasteiger partial charge in [-0.3, -0.25) is 4.57 Å². The monoisotopic (exact) mass is 582 g/mol. The molecule has 1 saturated carbocycles. The third-order valence-electron chi connectivity index (χ3n) is 8.93. The normalized spacial score (nSPS) is 23.9. The van der Waals surface area contributed by atoms with Crippen LogP contribution in [0.4, 0.5) is 20.5 Å². The first kappa shape index (κ1) is 28.7. The lowest BCUT2D eigenvalue weighted by atomic mass is 9.83. The highest BCUT2D eigenvalue weighted by Crippen LogP contribution is 2.32. The molecule has 0 bridgehead atoms. The number of aromatic nitrogens is 4. The first-order chi connectivity index (χ1) is 20.4. The van der Waals surface area contributed by atoms with Gasteiger partial charge in [0, 0.05) is 44.3 Å². The number of rotatable bonds is 9. The van der Waals surface area contributed by atoms with Gasteiger partial charge in [-0.15, -0.1) is 0 Å². The van der Waals surface area contributed by atoms with Gasteiger partial charge in [0.05, 0.1) is 24.2 Å². The van der Waals surface area contributed by atoms with E-state index < -0.39 is 12.4 Å². The zero-order chi connectivity index (χ0) is 29.1. The number of nitrogens with zero attached hydrogens (tertiary/aromatic N) is 6. The van der Waals surface area contributed by atoms with E-state index in [-0.39, 0.29) is 18.2 Å². The molecule has 1 unspecified atom stereocenters. The number of anilines is 2. The second kappa shape index (κ2) is 12.9. The molecule has 10 nitrogen and oxygen atoms in total. The van der Waals surface area contributed by atoms with Crippen molar-refractivity contribution >= 4 is 28.8 Å². The summed E-state index contributed by atoms with van der Waals surface area (Å²) in [6.45, 7) is 5.04. The number of morpholine rings is 1. The van der Waals surface area contributed by atoms with Crippen LogP contribution in [0.3, 0.4) is 0 Å². The molecule has 3 aromatic rings. The van der Waals surface area contributed by atoms with Gasteiger partial charge in [0.2, 0.25) is 5.95 Å². The fraction of sp³-hybridized carbons (Fsp3) is 0.600. The van der Waals surface area contributed by atoms with Crippen LogP contribution in [-0.4, -0.2) is 82.4 Å². The first-order valence-corrected chi connectivity index (χ1v) is 15.1. The Morgan fingerprint density at radius 1 is 1.00 bits per heavy atom. The Morgan fingerprint density at radius 2 is 1.76 bits per heavy atom. The van der Waals surface area contributed by atoms with E-state index in [1.807, 2.05) is 6.07 Å². The number of hydrogen-bond acceptors (Lipinski definition) is 9. The molecule has 3 fully saturated rings. The molecule has 6 rings (SSSR count). The number of alkyl halides is 2. The van der Waals surface area contributed by atoms with Crippen molar-refractivity contribution in [2.24, 2.45) is 11.8 Å². The average Bonchev–Trinajstić information content (AvgIpc) is 3.41. The summed E-state index contributed by atoms with van der Waals surface area (Å²) >= 11 is 0. The Balaban J connectivity index is 1.17. The number of aliphatic carboxylic acids is 1. The molecule has 0 amide bonds. The van der Waals surface area contributed by atoms with Gasteiger partial charge in [0.15, 0.2) is 5.82 Å². The van der Waals surface area contributed by atoms with E-state index >= 15 is 0 Å². The van der Waals surface area contributed by atoms with Crippen molar-refractivity contribution in [1.29, 1.82) is 0 Å². The smallest absolute Gasteiger partial charge is 0.296 e. The second-order valence-electron chi connectivity index (χ2n) is 11.7. The summed E-state index contributed by atoms with van der Waals surface area (Å²) in [5.41, 5.74) is 1.06. The number of carbonyl (C=O) groups excluding carboxylic acids is 1. The lowest BCUT2D eigenvalue weighted by Gasteiger charge is -2.41. The van der Waals surface area contributed by atoms with Crippen LogP contribution >= 0.6 is 0 Å². The van der Waals surface area contributed by atoms with Gasteiger partial charge < -0.3 is 29.8 Å². The van der Waals surface area contributed by atoms with E-state index in [1.165, 1.54) is 4.57 Å². The zero-order valence-corrected chi connectivity index (χ0v) is 23.8. The predicted molar refractivity (Wildman–Crippen MR) is 153 cm³/mol. The van der Waals surface area contributed by atoms with Crippen LogP contribution in [0.5, 0.6) is 0 Å². The van der Waals surface area contributed by atoms with Crippen molar-refractivity contribution in [2.45, 2.75) is 57.4 Å². The minimum Gasteiger partial charge on any atom is -0.550 e. The lowest BCUT2D eigenvalue weighted by molar-refractivity contribution is -0.307. The molecule has 1 aliphatic carbocycles. The number of piperidine rings is 1. The van der Waals surface area contributed by atoms with E-state index in [1.54, 1.807) is 24.3 Å². The number of ether oxygens (including phenoxy) is 1. The SMILES string of the molecule is O=C([O-])CC1CCCN(C2CCC(CNc3nc(N4CCOCC4)cc(-n4c(C(F)F)nc5ccccc54)n3)CC2)C1. The Hall–Kier alpha value is -3.38. The minimum atomic E-state index is -2.76. The van der Waals surface area contributed by atoms with Crippen LogP contribution in [0.25, 0.3) is 16.9 Å². The Bertz CT molecular complexity index is 1370. The van der Waals surface area contributed by atoms with Crippen molar-refractivity contribution in [2.75, 3.05) is 56.2 Å². The summed E-state index contributed by atoms with van der Waals surface area (Å²) in [4.78, 5) is 29.4. The van der Waals surface area contributed by atoms with Crippen molar-refractivity contribution in [3.63, 3.8) is 0 Å². The third kappa shape index (κ3) is 6.49. The van der Waals surface area contributed by atoms with Crippen molar-refractivity contribution < 1.29 is 23.4 Å². The number of carbonyl (C=O) groups is 1. The number of carboxylic acids is 1. The van der Waals surface area contributed by atoms with Crippen LogP contribution in [-0.2, 0) is 9.53 Å². The van der Waals surface area contributed by atoms with Crippen LogP contribution in [0.2, 0.25) is 0 Å². The number of fused-ring (bicyclic) bond motifs is 1. The van der Waals surface area contributed by atoms with Crippen LogP contribution in [0.15, 0.2) is 30.3 Å². The van der Waals surface area contributed by atoms with E-state index in [9.17, 15) is 18.7 Å². The number of halogens is 2. The molecular weight excluding hydrogens is 544 g/mol. The van der Waals surface area contributed by atoms with Gasteiger partial charge in [-0.2, -0.15) is 9.97 Å². The van der Waals surface area contributed by atoms with E-state index in [4.69, 9.17) is 14.7 Å². The van der Waals surface area contributed by atoms with E-state index in [2.05, 4.69) is 20.1 Å². The van der Waals surface area contributed by atoms with Gasteiger partial charge in [-0.1, -0.05) is 12.1 Å². The number of carboxylic acid groups (broad SMARTS) is 1. The number of para-hydroxylation sites is 2. The fourth-order valence-corrected chi connectivity index (χ4v) is 6.78. The maximum absolute atomic E-state index is 14.1. The van der Waals surface area contributed by atoms with Gasteiger partial charge in [0.1, 0.15) is 11.6 Å². The number of hydrogen-bond donors (Lipinski definition) is 1. The molecule has 2 saturated heterocycles. The summed E-state index contributed by atoms with van der Waals surface area (Å²) in [5, 5.41) is 14.5. The van der Waals surface area contributed by atoms with Crippen LogP contribution in [0, 0.1) is 11.8 Å². The highest BCUT2D eigenvalue weighted by Gasteiger charge is 2.30. The Labute approximate surface area is 244 Å². The standard InChI is InChI=1S/C30H39F2N7O3/c31-28(32)29-34-23-5-1-2-6-24(23)39(29)26-17-25(37-12-14-42-15-13-37)35-30(36-26)33-18-20-7-9-22(10-8-20)38-11-3-4-21(19-38)16-27(40)41/h1-2,5-6,17,20-22,28H,3-4,7-16,18-19H2,(H,40,41)(H,33,35,36)/p-1. The molecule has 3 aliphatic rings. The Kier molecular flexibility index (Phi) is 8.80. The molecular formula is C30H38F2N7O3-. The molecule has 1 N–H and O–H groups in total. The molecule has 42 heavy (non-hydrogen) atoms. The highest BCUT2D eigenvalue weighted by atomic mass is 19.3. The summed E-state index contributed by atoms with van der Waals surface area (Å²) in [6.07, 6.45) is 3.64. The largest absolute Gasteiger partial charge is 0.550 e. The average molecular weight is 583 g/mol. The Morgan fingerprint density at radius 3 is 2.52 bits per heavy atom. The molecule has 2 aromatic heterocycles. The number of nitrogens with one attached hydrogen (secondary N) is 1. The van der Waals surface area contributed by atoms with Crippen molar-refractivity contribution in [1.82, 2.24) is 24.4 Å². The van der Waals surface area contributed by atoms with Gasteiger partial charge >= 0.3 is 0 Å². The fourth-order valence-electron chi connectivity index (χ4n) is 6.78. The van der Waals surface area contributed by atoms with Gasteiger partial charge in [0.25, 0.3) is 6.43 Å². The summed E-state index contributed by atoms with van der Waals surface area (Å²) in [6, 6.07) is 9.34. The van der Waals surface area contributed by atoms with Gasteiger partial charge in [-0.05, 0) is 75.5 Å². The topological polar surface area (TPSA) is 111 Å². The molecule has 1 atom stereocenters. The van der Waals surface area contributed by atoms with Crippen molar-refractivity contribution in [3.05, 3.63) is 36.2 Å². The molecule has 0 radical (unpaired) electrons. The summed E-state index contributed by atoms with van der Waals surface area (Å²) in [5.74, 6) is 0.774. The molecule has 226 valence electrons. The highest BCUT2D eigenvalue weighted by molar-refractivity contribution is 5.78. The van der Waals surface area contributed by atoms with Crippen molar-refractivity contribution in [3.8, 4) is 5.82 Å². The quantitative estimate of drug-likeness (QED) is 0.406.